The molecule has 0 radical (unpaired) electrons. The highest BCUT2D eigenvalue weighted by atomic mass is 16.5. The second-order valence-corrected chi connectivity index (χ2v) is 6.62. The molecule has 0 fully saturated rings. The monoisotopic (exact) mass is 387 g/mol. The van der Waals surface area contributed by atoms with Gasteiger partial charge in [0, 0.05) is 41.1 Å². The standard InChI is InChI=1S/C23H21N3O3/c1-2-29-23(28)17-9-7-16(8-10-17)22(27)25-13-14-26-20-6-4-3-5-18(20)19-11-12-24-15-21(19)26/h3-12,15H,2,13-14H2,1H3,(H,25,27). The Morgan fingerprint density at radius 1 is 0.966 bits per heavy atom. The van der Waals surface area contributed by atoms with Crippen LogP contribution in [0.3, 0.4) is 0 Å². The van der Waals surface area contributed by atoms with E-state index in [2.05, 4.69) is 27.0 Å². The Morgan fingerprint density at radius 2 is 1.69 bits per heavy atom. The summed E-state index contributed by atoms with van der Waals surface area (Å²) < 4.78 is 7.13. The van der Waals surface area contributed by atoms with Crippen molar-refractivity contribution in [2.75, 3.05) is 13.2 Å². The third-order valence-electron chi connectivity index (χ3n) is 4.86. The SMILES string of the molecule is CCOC(=O)c1ccc(C(=O)NCCn2c3ccccc3c3ccncc32)cc1. The van der Waals surface area contributed by atoms with E-state index in [1.54, 1.807) is 37.4 Å². The van der Waals surface area contributed by atoms with Crippen molar-refractivity contribution in [1.29, 1.82) is 0 Å². The maximum Gasteiger partial charge on any atom is 0.338 e. The first kappa shape index (κ1) is 18.7. The quantitative estimate of drug-likeness (QED) is 0.511. The average molecular weight is 387 g/mol. The number of pyridine rings is 1. The number of hydrogen-bond donors (Lipinski definition) is 1. The zero-order valence-electron chi connectivity index (χ0n) is 16.1. The molecule has 1 N–H and O–H groups in total. The minimum Gasteiger partial charge on any atom is -0.462 e. The molecule has 4 rings (SSSR count). The number of esters is 1. The van der Waals surface area contributed by atoms with Gasteiger partial charge in [-0.3, -0.25) is 9.78 Å². The second-order valence-electron chi connectivity index (χ2n) is 6.62. The molecule has 6 nitrogen and oxygen atoms in total. The van der Waals surface area contributed by atoms with E-state index in [0.29, 0.717) is 30.8 Å². The van der Waals surface area contributed by atoms with Crippen LogP contribution in [-0.2, 0) is 11.3 Å². The molecular formula is C23H21N3O3. The Hall–Kier alpha value is -3.67. The van der Waals surface area contributed by atoms with E-state index < -0.39 is 0 Å². The van der Waals surface area contributed by atoms with Crippen LogP contribution in [0.15, 0.2) is 67.0 Å². The van der Waals surface area contributed by atoms with Crippen molar-refractivity contribution in [2.45, 2.75) is 13.5 Å². The van der Waals surface area contributed by atoms with Crippen molar-refractivity contribution in [2.24, 2.45) is 0 Å². The lowest BCUT2D eigenvalue weighted by atomic mass is 10.1. The number of nitrogens with one attached hydrogen (secondary N) is 1. The Kier molecular flexibility index (Phi) is 5.24. The van der Waals surface area contributed by atoms with Gasteiger partial charge in [0.25, 0.3) is 5.91 Å². The van der Waals surface area contributed by atoms with Crippen molar-refractivity contribution in [3.63, 3.8) is 0 Å². The lowest BCUT2D eigenvalue weighted by Crippen LogP contribution is -2.27. The minimum absolute atomic E-state index is 0.181. The summed E-state index contributed by atoms with van der Waals surface area (Å²) in [5, 5.41) is 5.27. The second kappa shape index (κ2) is 8.14. The van der Waals surface area contributed by atoms with Gasteiger partial charge in [-0.1, -0.05) is 18.2 Å². The van der Waals surface area contributed by atoms with Crippen LogP contribution in [0.25, 0.3) is 21.8 Å². The molecule has 0 aliphatic carbocycles. The molecule has 146 valence electrons. The highest BCUT2D eigenvalue weighted by Crippen LogP contribution is 2.27. The molecule has 0 unspecified atom stereocenters. The third kappa shape index (κ3) is 3.69. The molecule has 0 bridgehead atoms. The first-order valence-corrected chi connectivity index (χ1v) is 9.55. The number of fused-ring (bicyclic) bond motifs is 3. The minimum atomic E-state index is -0.389. The summed E-state index contributed by atoms with van der Waals surface area (Å²) in [7, 11) is 0. The summed E-state index contributed by atoms with van der Waals surface area (Å²) in [5.74, 6) is -0.571. The van der Waals surface area contributed by atoms with Gasteiger partial charge in [0.15, 0.2) is 0 Å². The third-order valence-corrected chi connectivity index (χ3v) is 4.86. The van der Waals surface area contributed by atoms with Gasteiger partial charge in [0.1, 0.15) is 0 Å². The first-order valence-electron chi connectivity index (χ1n) is 9.55. The van der Waals surface area contributed by atoms with Gasteiger partial charge in [0.05, 0.1) is 23.9 Å². The van der Waals surface area contributed by atoms with Crippen LogP contribution in [-0.4, -0.2) is 34.6 Å². The summed E-state index contributed by atoms with van der Waals surface area (Å²) in [6.45, 7) is 3.18. The van der Waals surface area contributed by atoms with Gasteiger partial charge < -0.3 is 14.6 Å². The molecule has 0 atom stereocenters. The fourth-order valence-corrected chi connectivity index (χ4v) is 3.49. The molecule has 2 aromatic carbocycles. The van der Waals surface area contributed by atoms with E-state index in [9.17, 15) is 9.59 Å². The van der Waals surface area contributed by atoms with Gasteiger partial charge in [-0.15, -0.1) is 0 Å². The molecular weight excluding hydrogens is 366 g/mol. The van der Waals surface area contributed by atoms with E-state index in [0.717, 1.165) is 16.4 Å². The number of benzene rings is 2. The maximum atomic E-state index is 12.5. The fourth-order valence-electron chi connectivity index (χ4n) is 3.49. The van der Waals surface area contributed by atoms with Gasteiger partial charge >= 0.3 is 5.97 Å². The van der Waals surface area contributed by atoms with Crippen molar-refractivity contribution in [3.05, 3.63) is 78.1 Å². The predicted octanol–water partition coefficient (Wildman–Crippen LogP) is 3.80. The largest absolute Gasteiger partial charge is 0.462 e. The normalized spacial score (nSPS) is 10.9. The van der Waals surface area contributed by atoms with Crippen LogP contribution in [0, 0.1) is 0 Å². The number of nitrogens with zero attached hydrogens (tertiary/aromatic N) is 2. The Balaban J connectivity index is 1.46. The summed E-state index contributed by atoms with van der Waals surface area (Å²) in [5.41, 5.74) is 3.09. The highest BCUT2D eigenvalue weighted by Gasteiger charge is 2.12. The average Bonchev–Trinajstić information content (AvgIpc) is 3.08. The van der Waals surface area contributed by atoms with Gasteiger partial charge in [-0.05, 0) is 43.3 Å². The molecule has 0 saturated heterocycles. The lowest BCUT2D eigenvalue weighted by Gasteiger charge is -2.09. The molecule has 0 spiro atoms. The number of rotatable bonds is 6. The first-order chi connectivity index (χ1) is 14.2. The Morgan fingerprint density at radius 3 is 2.48 bits per heavy atom. The summed E-state index contributed by atoms with van der Waals surface area (Å²) >= 11 is 0. The van der Waals surface area contributed by atoms with E-state index >= 15 is 0 Å². The van der Waals surface area contributed by atoms with E-state index in [1.165, 1.54) is 5.39 Å². The van der Waals surface area contributed by atoms with Crippen molar-refractivity contribution in [3.8, 4) is 0 Å². The zero-order chi connectivity index (χ0) is 20.2. The van der Waals surface area contributed by atoms with E-state index in [4.69, 9.17) is 4.74 Å². The number of amides is 1. The number of ether oxygens (including phenoxy) is 1. The predicted molar refractivity (Wildman–Crippen MR) is 112 cm³/mol. The summed E-state index contributed by atoms with van der Waals surface area (Å²) in [6, 6.07) is 16.7. The van der Waals surface area contributed by atoms with Gasteiger partial charge in [0.2, 0.25) is 0 Å². The maximum absolute atomic E-state index is 12.5. The number of para-hydroxylation sites is 1. The fraction of sp³-hybridized carbons (Fsp3) is 0.174. The van der Waals surface area contributed by atoms with Gasteiger partial charge in [-0.25, -0.2) is 4.79 Å². The highest BCUT2D eigenvalue weighted by molar-refractivity contribution is 6.07. The Bertz CT molecular complexity index is 1130. The van der Waals surface area contributed by atoms with Crippen LogP contribution >= 0.6 is 0 Å². The number of hydrogen-bond acceptors (Lipinski definition) is 4. The molecule has 0 aliphatic heterocycles. The topological polar surface area (TPSA) is 73.2 Å². The van der Waals surface area contributed by atoms with Crippen LogP contribution in [0.1, 0.15) is 27.6 Å². The number of carbonyl (C=O) groups excluding carboxylic acids is 2. The number of aromatic nitrogens is 2. The van der Waals surface area contributed by atoms with Gasteiger partial charge in [-0.2, -0.15) is 0 Å². The molecule has 29 heavy (non-hydrogen) atoms. The number of carbonyl (C=O) groups is 2. The molecule has 2 heterocycles. The van der Waals surface area contributed by atoms with Crippen molar-refractivity contribution >= 4 is 33.7 Å². The van der Waals surface area contributed by atoms with Crippen LogP contribution in [0.5, 0.6) is 0 Å². The molecule has 2 aromatic heterocycles. The smallest absolute Gasteiger partial charge is 0.338 e. The summed E-state index contributed by atoms with van der Waals surface area (Å²) in [4.78, 5) is 28.4. The zero-order valence-corrected chi connectivity index (χ0v) is 16.1. The van der Waals surface area contributed by atoms with Crippen LogP contribution in [0.2, 0.25) is 0 Å². The molecule has 0 aliphatic rings. The van der Waals surface area contributed by atoms with Crippen molar-refractivity contribution < 1.29 is 14.3 Å². The lowest BCUT2D eigenvalue weighted by molar-refractivity contribution is 0.0526. The Labute approximate surface area is 168 Å². The molecule has 6 heteroatoms. The van der Waals surface area contributed by atoms with Crippen molar-refractivity contribution in [1.82, 2.24) is 14.9 Å². The summed E-state index contributed by atoms with van der Waals surface area (Å²) in [6.07, 6.45) is 3.64. The molecule has 1 amide bonds. The van der Waals surface area contributed by atoms with Crippen LogP contribution < -0.4 is 5.32 Å². The molecule has 0 saturated carbocycles. The molecule has 4 aromatic rings. The van der Waals surface area contributed by atoms with Crippen LogP contribution in [0.4, 0.5) is 0 Å². The van der Waals surface area contributed by atoms with E-state index in [1.807, 2.05) is 24.4 Å². The van der Waals surface area contributed by atoms with E-state index in [-0.39, 0.29) is 11.9 Å².